The van der Waals surface area contributed by atoms with E-state index in [1.54, 1.807) is 22.8 Å². The number of carbonyl (C=O) groups is 2. The Kier molecular flexibility index (Phi) is 44.1. The van der Waals surface area contributed by atoms with Crippen LogP contribution in [0.3, 0.4) is 0 Å². The normalized spacial score (nSPS) is 13.1. The molecule has 21 heteroatoms. The van der Waals surface area contributed by atoms with Gasteiger partial charge in [-0.05, 0) is 113 Å². The van der Waals surface area contributed by atoms with E-state index in [9.17, 15) is 9.59 Å². The van der Waals surface area contributed by atoms with Crippen molar-refractivity contribution in [2.45, 2.75) is 198 Å². The maximum Gasteiger partial charge on any atom is 0.0319 e. The number of carbonyl (C=O) groups excluding carboxylic acids is 2. The van der Waals surface area contributed by atoms with Gasteiger partial charge >= 0.3 is 276 Å². The SMILES string of the molecule is CC(C)Oc1ccc(NC(=O)CCl)cc1[CH]=[Ru]([Cl])[Cl].CC(C)Oc1ccc(NC(=O)C[N+](C)(C)C)cc1[CH]=[Ru]([Cl])[Cl].CC(C)c1cccc(C(C)C)c1N1[CH-]N(c2c(C(C)C)cccc2C(C)C)CC1.CC(C)c1cccc(C(C)C)c1N1[CH-]N(c2c(C(C)C)cccc2C(C)C)CC1.CN(C)C.CO.[Cl-]. The quantitative estimate of drug-likeness (QED) is 0.0248. The molecule has 0 saturated carbocycles. The summed E-state index contributed by atoms with van der Waals surface area (Å²) in [5.41, 5.74) is 20.3. The summed E-state index contributed by atoms with van der Waals surface area (Å²) < 4.78 is 15.6. The average molecular weight is 1760 g/mol. The van der Waals surface area contributed by atoms with E-state index in [1.807, 2.05) is 97.7 Å². The van der Waals surface area contributed by atoms with E-state index in [1.165, 1.54) is 67.3 Å². The topological polar surface area (TPSA) is 113 Å². The van der Waals surface area contributed by atoms with Gasteiger partial charge in [-0.2, -0.15) is 13.3 Å². The third-order valence-corrected chi connectivity index (χ3v) is 20.6. The van der Waals surface area contributed by atoms with Gasteiger partial charge in [-0.1, -0.05) is 184 Å². The predicted molar refractivity (Wildman–Crippen MR) is 453 cm³/mol. The second-order valence-corrected chi connectivity index (χ2v) is 42.6. The van der Waals surface area contributed by atoms with Crippen LogP contribution in [0.4, 0.5) is 34.1 Å². The maximum absolute atomic E-state index is 12.0. The zero-order chi connectivity index (χ0) is 79.5. The number of aliphatic hydroxyl groups is 1. The number of benzene rings is 6. The first-order chi connectivity index (χ1) is 49.2. The molecule has 2 amide bonds. The second kappa shape index (κ2) is 47.8. The van der Waals surface area contributed by atoms with Gasteiger partial charge in [-0.3, -0.25) is 0 Å². The third-order valence-electron chi connectivity index (χ3n) is 16.7. The standard InChI is InChI=1S/2C27H39N2.C15H22N2O2.C12H14ClNO2.C3H9N.CH4O.5ClH.2Ru/c2*1-18(2)22-11-9-12-23(19(3)4)26(22)28-15-16-29(17-28)27-24(20(5)6)13-10-14-25(27)21(7)8;1-11(2)19-14-8-7-13(9-12(14)3)16-15(18)10-17(4,5)6;1-8(2)16-11-5-4-10(6-9(11)3)14-12(15)7-13;1-4(2)3;1-2;;;;;;;/h2*9-14,17-21H,15-16H2,1-8H3;3,7-9,11H,10H2,1-2,4-6H3;3-6,8H,7H2,1-2H3,(H,14,15);1-3H3;2H,1H3;5*1H;;/q2*-1;;;;;;;;;;2*+2/p-4. The van der Waals surface area contributed by atoms with E-state index < -0.39 is 27.0 Å². The Morgan fingerprint density at radius 1 is 0.453 bits per heavy atom. The molecule has 0 aliphatic carbocycles. The van der Waals surface area contributed by atoms with Gasteiger partial charge in [-0.25, -0.2) is 0 Å². The van der Waals surface area contributed by atoms with Crippen molar-refractivity contribution < 1.29 is 68.1 Å². The van der Waals surface area contributed by atoms with Crippen LogP contribution < -0.4 is 52.1 Å². The average Bonchev–Trinajstić information content (AvgIpc) is 1.58. The Labute approximate surface area is 678 Å². The maximum atomic E-state index is 12.0. The molecule has 0 spiro atoms. The molecule has 13 nitrogen and oxygen atoms in total. The van der Waals surface area contributed by atoms with Crippen LogP contribution in [-0.2, 0) is 36.6 Å². The summed E-state index contributed by atoms with van der Waals surface area (Å²) in [5.74, 6) is 5.13. The number of hydrogen-bond donors (Lipinski definition) is 3. The number of ether oxygens (including phenoxy) is 2. The van der Waals surface area contributed by atoms with E-state index in [2.05, 4.69) is 227 Å². The number of para-hydroxylation sites is 4. The fraction of sp³-hybridized carbons (Fsp3) is 0.506. The van der Waals surface area contributed by atoms with E-state index >= 15 is 0 Å². The number of hydrogen-bond acceptors (Lipinski definition) is 10. The van der Waals surface area contributed by atoms with Crippen LogP contribution in [-0.4, -0.2) is 136 Å². The summed E-state index contributed by atoms with van der Waals surface area (Å²) in [6.45, 7) is 54.0. The van der Waals surface area contributed by atoms with Crippen molar-refractivity contribution in [3.63, 3.8) is 0 Å². The molecule has 3 N–H and O–H groups in total. The molecule has 2 saturated heterocycles. The Morgan fingerprint density at radius 3 is 0.868 bits per heavy atom. The van der Waals surface area contributed by atoms with Crippen LogP contribution >= 0.6 is 50.4 Å². The summed E-state index contributed by atoms with van der Waals surface area (Å²) in [7, 11) is 36.6. The molecule has 6 aromatic carbocycles. The predicted octanol–water partition coefficient (Wildman–Crippen LogP) is 19.0. The van der Waals surface area contributed by atoms with E-state index in [0.29, 0.717) is 75.5 Å². The van der Waals surface area contributed by atoms with Gasteiger partial charge in [0.2, 0.25) is 0 Å². The van der Waals surface area contributed by atoms with Gasteiger partial charge in [0.15, 0.2) is 0 Å². The van der Waals surface area contributed by atoms with Crippen LogP contribution in [0.1, 0.15) is 241 Å². The molecule has 598 valence electrons. The van der Waals surface area contributed by atoms with Crippen molar-refractivity contribution in [1.29, 1.82) is 0 Å². The van der Waals surface area contributed by atoms with Crippen molar-refractivity contribution in [2.75, 3.05) is 118 Å². The number of likely N-dealkylation sites (N-methyl/N-ethyl adjacent to an activating group) is 1. The van der Waals surface area contributed by atoms with Crippen LogP contribution in [0.25, 0.3) is 0 Å². The Bertz CT molecular complexity index is 3350. The fourth-order valence-electron chi connectivity index (χ4n) is 12.2. The first-order valence-corrected chi connectivity index (χ1v) is 48.2. The Hall–Kier alpha value is -4.33. The number of amides is 2. The van der Waals surface area contributed by atoms with Gasteiger partial charge in [0.25, 0.3) is 0 Å². The minimum atomic E-state index is -1.98. The molecule has 0 radical (unpaired) electrons. The van der Waals surface area contributed by atoms with Crippen molar-refractivity contribution in [3.05, 3.63) is 178 Å². The number of rotatable bonds is 23. The number of anilines is 6. The zero-order valence-corrected chi connectivity index (χ0v) is 76.5. The molecule has 6 aromatic rings. The largest absolute Gasteiger partial charge is 1.00 e. The van der Waals surface area contributed by atoms with Gasteiger partial charge in [0.1, 0.15) is 0 Å². The van der Waals surface area contributed by atoms with E-state index in [4.69, 9.17) is 64.9 Å². The molecule has 106 heavy (non-hydrogen) atoms. The van der Waals surface area contributed by atoms with Crippen molar-refractivity contribution in [1.82, 2.24) is 4.90 Å². The van der Waals surface area contributed by atoms with Crippen LogP contribution in [0.2, 0.25) is 0 Å². The second-order valence-electron chi connectivity index (χ2n) is 30.9. The summed E-state index contributed by atoms with van der Waals surface area (Å²) in [6, 6.07) is 38.2. The molecule has 2 fully saturated rings. The van der Waals surface area contributed by atoms with Crippen LogP contribution in [0.5, 0.6) is 11.5 Å². The monoisotopic (exact) mass is 1750 g/mol. The van der Waals surface area contributed by atoms with Gasteiger partial charge in [-0.15, -0.1) is 0 Å². The number of alkyl halides is 1. The minimum absolute atomic E-state index is 0. The minimum Gasteiger partial charge on any atom is -1.00 e. The van der Waals surface area contributed by atoms with Gasteiger partial charge in [0, 0.05) is 56.0 Å². The van der Waals surface area contributed by atoms with Crippen molar-refractivity contribution >= 4 is 106 Å². The summed E-state index contributed by atoms with van der Waals surface area (Å²) in [4.78, 5) is 35.3. The Morgan fingerprint density at radius 2 is 0.679 bits per heavy atom. The molecule has 0 atom stereocenters. The first kappa shape index (κ1) is 97.7. The third kappa shape index (κ3) is 31.8. The molecular formula is C85H128Cl6N8O5Ru2-2. The Balaban J connectivity index is 0.000000472. The van der Waals surface area contributed by atoms with Gasteiger partial charge in [0.05, 0.1) is 0 Å². The molecule has 0 aromatic heterocycles. The molecule has 2 aliphatic heterocycles. The zero-order valence-electron chi connectivity index (χ0n) is 68.5. The van der Waals surface area contributed by atoms with E-state index in [-0.39, 0.29) is 42.3 Å². The van der Waals surface area contributed by atoms with Crippen molar-refractivity contribution in [2.24, 2.45) is 0 Å². The summed E-state index contributed by atoms with van der Waals surface area (Å²) in [6.07, 6.45) is 0.0961. The number of nitrogens with one attached hydrogen (secondary N) is 2. The molecule has 0 bridgehead atoms. The van der Waals surface area contributed by atoms with Crippen LogP contribution in [0.15, 0.2) is 109 Å². The smallest absolute Gasteiger partial charge is 0.0319 e. The number of halogens is 6. The van der Waals surface area contributed by atoms with Crippen molar-refractivity contribution in [3.8, 4) is 11.5 Å². The number of aliphatic hydroxyl groups excluding tert-OH is 1. The molecular weight excluding hydrogens is 1630 g/mol. The van der Waals surface area contributed by atoms with Gasteiger partial charge < -0.3 is 42.0 Å². The first-order valence-electron chi connectivity index (χ1n) is 36.7. The molecule has 2 heterocycles. The summed E-state index contributed by atoms with van der Waals surface area (Å²) in [5, 5.41) is 12.6. The molecule has 2 aliphatic rings. The molecule has 8 rings (SSSR count). The molecule has 0 unspecified atom stereocenters. The van der Waals surface area contributed by atoms with E-state index in [0.717, 1.165) is 50.2 Å². The number of nitrogens with zero attached hydrogens (tertiary/aromatic N) is 6. The van der Waals surface area contributed by atoms with Crippen LogP contribution in [0, 0.1) is 13.3 Å². The number of quaternary nitrogens is 1. The summed E-state index contributed by atoms with van der Waals surface area (Å²) >= 11 is 1.49. The fourth-order valence-corrected chi connectivity index (χ4v) is 15.8.